The van der Waals surface area contributed by atoms with Crippen molar-refractivity contribution in [1.29, 1.82) is 0 Å². The van der Waals surface area contributed by atoms with Crippen LogP contribution in [0.15, 0.2) is 0 Å². The van der Waals surface area contributed by atoms with Gasteiger partial charge in [0.05, 0.1) is 0 Å². The standard InChI is InChI=1S/C8H11F2NO2.ClH/c9-8(10)2-1-7(6(12)13)3-5(8)4-11-7;/h5,11H,1-4H2,(H,12,13);1H. The summed E-state index contributed by atoms with van der Waals surface area (Å²) in [6, 6.07) is 0. The van der Waals surface area contributed by atoms with Crippen molar-refractivity contribution < 1.29 is 18.7 Å². The monoisotopic (exact) mass is 227 g/mol. The highest BCUT2D eigenvalue weighted by atomic mass is 35.5. The molecule has 0 radical (unpaired) electrons. The molecule has 1 saturated carbocycles. The van der Waals surface area contributed by atoms with Crippen molar-refractivity contribution >= 4 is 18.4 Å². The fourth-order valence-corrected chi connectivity index (χ4v) is 2.23. The number of carboxylic acid groups (broad SMARTS) is 1. The Morgan fingerprint density at radius 2 is 2.07 bits per heavy atom. The summed E-state index contributed by atoms with van der Waals surface area (Å²) in [5.41, 5.74) is -1.06. The van der Waals surface area contributed by atoms with Crippen molar-refractivity contribution in [3.05, 3.63) is 0 Å². The molecule has 1 aliphatic heterocycles. The van der Waals surface area contributed by atoms with Crippen LogP contribution >= 0.6 is 12.4 Å². The second-order valence-corrected chi connectivity index (χ2v) is 3.93. The van der Waals surface area contributed by atoms with E-state index in [1.165, 1.54) is 0 Å². The van der Waals surface area contributed by atoms with E-state index in [1.807, 2.05) is 0 Å². The van der Waals surface area contributed by atoms with Crippen LogP contribution in [0, 0.1) is 5.92 Å². The fourth-order valence-electron chi connectivity index (χ4n) is 2.23. The van der Waals surface area contributed by atoms with E-state index in [4.69, 9.17) is 5.11 Å². The van der Waals surface area contributed by atoms with Crippen molar-refractivity contribution in [3.8, 4) is 0 Å². The van der Waals surface area contributed by atoms with E-state index >= 15 is 0 Å². The second-order valence-electron chi connectivity index (χ2n) is 3.93. The third-order valence-corrected chi connectivity index (χ3v) is 3.17. The zero-order valence-electron chi connectivity index (χ0n) is 7.43. The summed E-state index contributed by atoms with van der Waals surface area (Å²) >= 11 is 0. The van der Waals surface area contributed by atoms with Crippen LogP contribution in [-0.2, 0) is 4.79 Å². The Hall–Kier alpha value is -0.420. The molecule has 0 amide bonds. The summed E-state index contributed by atoms with van der Waals surface area (Å²) in [5, 5.41) is 11.6. The van der Waals surface area contributed by atoms with E-state index in [1.54, 1.807) is 0 Å². The molecule has 2 bridgehead atoms. The molecule has 0 aromatic heterocycles. The van der Waals surface area contributed by atoms with Gasteiger partial charge in [-0.25, -0.2) is 8.78 Å². The summed E-state index contributed by atoms with van der Waals surface area (Å²) in [5.74, 6) is -4.47. The topological polar surface area (TPSA) is 49.3 Å². The van der Waals surface area contributed by atoms with Crippen molar-refractivity contribution in [2.24, 2.45) is 5.92 Å². The molecule has 6 heteroatoms. The summed E-state index contributed by atoms with van der Waals surface area (Å²) in [4.78, 5) is 10.8. The average Bonchev–Trinajstić information content (AvgIpc) is 2.42. The van der Waals surface area contributed by atoms with Crippen LogP contribution in [0.3, 0.4) is 0 Å². The predicted molar refractivity (Wildman–Crippen MR) is 47.9 cm³/mol. The first-order valence-corrected chi connectivity index (χ1v) is 4.33. The van der Waals surface area contributed by atoms with Gasteiger partial charge in [0.1, 0.15) is 5.54 Å². The van der Waals surface area contributed by atoms with Crippen molar-refractivity contribution in [2.45, 2.75) is 30.7 Å². The van der Waals surface area contributed by atoms with E-state index in [2.05, 4.69) is 5.32 Å². The van der Waals surface area contributed by atoms with Gasteiger partial charge in [-0.3, -0.25) is 4.79 Å². The molecule has 0 aromatic carbocycles. The maximum absolute atomic E-state index is 13.1. The van der Waals surface area contributed by atoms with Gasteiger partial charge in [0, 0.05) is 18.9 Å². The largest absolute Gasteiger partial charge is 0.480 e. The lowest BCUT2D eigenvalue weighted by molar-refractivity contribution is -0.149. The molecule has 82 valence electrons. The molecule has 2 atom stereocenters. The molecule has 0 spiro atoms. The van der Waals surface area contributed by atoms with Gasteiger partial charge in [-0.05, 0) is 12.8 Å². The van der Waals surface area contributed by atoms with Crippen molar-refractivity contribution in [2.75, 3.05) is 6.54 Å². The number of halogens is 3. The number of fused-ring (bicyclic) bond motifs is 2. The normalized spacial score (nSPS) is 38.9. The first kappa shape index (κ1) is 11.7. The lowest BCUT2D eigenvalue weighted by atomic mass is 9.78. The molecule has 1 aliphatic carbocycles. The van der Waals surface area contributed by atoms with Gasteiger partial charge in [0.15, 0.2) is 0 Å². The molecule has 2 rings (SSSR count). The molecule has 3 nitrogen and oxygen atoms in total. The van der Waals surface area contributed by atoms with Gasteiger partial charge in [-0.15, -0.1) is 12.4 Å². The fraction of sp³-hybridized carbons (Fsp3) is 0.875. The minimum Gasteiger partial charge on any atom is -0.480 e. The number of aliphatic carboxylic acids is 1. The Balaban J connectivity index is 0.000000980. The Kier molecular flexibility index (Phi) is 2.75. The SMILES string of the molecule is Cl.O=C(O)C12CCC(F)(F)C(CN1)C2. The van der Waals surface area contributed by atoms with Gasteiger partial charge < -0.3 is 10.4 Å². The van der Waals surface area contributed by atoms with Crippen LogP contribution in [0.5, 0.6) is 0 Å². The zero-order chi connectivity index (χ0) is 9.69. The van der Waals surface area contributed by atoms with E-state index in [0.29, 0.717) is 0 Å². The molecule has 1 heterocycles. The lowest BCUT2D eigenvalue weighted by Crippen LogP contribution is -2.49. The van der Waals surface area contributed by atoms with Gasteiger partial charge in [-0.2, -0.15) is 0 Å². The van der Waals surface area contributed by atoms with E-state index in [0.717, 1.165) is 0 Å². The summed E-state index contributed by atoms with van der Waals surface area (Å²) in [7, 11) is 0. The molecule has 1 saturated heterocycles. The number of nitrogens with one attached hydrogen (secondary N) is 1. The molecular weight excluding hydrogens is 216 g/mol. The van der Waals surface area contributed by atoms with E-state index in [-0.39, 0.29) is 38.2 Å². The highest BCUT2D eigenvalue weighted by Crippen LogP contribution is 2.46. The van der Waals surface area contributed by atoms with Gasteiger partial charge >= 0.3 is 5.97 Å². The quantitative estimate of drug-likeness (QED) is 0.709. The van der Waals surface area contributed by atoms with E-state index < -0.39 is 23.3 Å². The van der Waals surface area contributed by atoms with Gasteiger partial charge in [-0.1, -0.05) is 0 Å². The molecule has 2 fully saturated rings. The predicted octanol–water partition coefficient (Wildman–Crippen LogP) is 1.27. The Morgan fingerprint density at radius 3 is 2.64 bits per heavy atom. The first-order chi connectivity index (χ1) is 5.96. The van der Waals surface area contributed by atoms with Crippen LogP contribution in [0.4, 0.5) is 8.78 Å². The molecule has 0 aromatic rings. The third kappa shape index (κ3) is 1.48. The van der Waals surface area contributed by atoms with Crippen molar-refractivity contribution in [1.82, 2.24) is 5.32 Å². The highest BCUT2D eigenvalue weighted by molar-refractivity contribution is 5.85. The molecule has 2 unspecified atom stereocenters. The van der Waals surface area contributed by atoms with Crippen LogP contribution in [0.25, 0.3) is 0 Å². The number of carboxylic acids is 1. The average molecular weight is 228 g/mol. The smallest absolute Gasteiger partial charge is 0.323 e. The number of hydrogen-bond donors (Lipinski definition) is 2. The molecule has 2 N–H and O–H groups in total. The van der Waals surface area contributed by atoms with Crippen LogP contribution < -0.4 is 5.32 Å². The minimum atomic E-state index is -2.68. The molecular formula is C8H12ClF2NO2. The Labute approximate surface area is 86.3 Å². The highest BCUT2D eigenvalue weighted by Gasteiger charge is 2.58. The summed E-state index contributed by atoms with van der Waals surface area (Å²) in [6.07, 6.45) is -0.210. The Morgan fingerprint density at radius 1 is 1.43 bits per heavy atom. The maximum atomic E-state index is 13.1. The molecule has 2 aliphatic rings. The third-order valence-electron chi connectivity index (χ3n) is 3.17. The van der Waals surface area contributed by atoms with Crippen LogP contribution in [0.2, 0.25) is 0 Å². The molecule has 14 heavy (non-hydrogen) atoms. The summed E-state index contributed by atoms with van der Waals surface area (Å²) < 4.78 is 26.2. The number of rotatable bonds is 1. The van der Waals surface area contributed by atoms with Gasteiger partial charge in [0.25, 0.3) is 5.92 Å². The summed E-state index contributed by atoms with van der Waals surface area (Å²) in [6.45, 7) is 0.124. The second kappa shape index (κ2) is 3.31. The first-order valence-electron chi connectivity index (χ1n) is 4.33. The zero-order valence-corrected chi connectivity index (χ0v) is 8.24. The minimum absolute atomic E-state index is 0. The number of alkyl halides is 2. The number of hydrogen-bond acceptors (Lipinski definition) is 2. The van der Waals surface area contributed by atoms with Crippen LogP contribution in [-0.4, -0.2) is 29.1 Å². The maximum Gasteiger partial charge on any atom is 0.323 e. The Bertz CT molecular complexity index is 262. The lowest BCUT2D eigenvalue weighted by Gasteiger charge is -2.33. The van der Waals surface area contributed by atoms with E-state index in [9.17, 15) is 13.6 Å². The number of carbonyl (C=O) groups is 1. The van der Waals surface area contributed by atoms with Gasteiger partial charge in [0.2, 0.25) is 0 Å². The van der Waals surface area contributed by atoms with Crippen molar-refractivity contribution in [3.63, 3.8) is 0 Å². The van der Waals surface area contributed by atoms with Crippen LogP contribution in [0.1, 0.15) is 19.3 Å².